The summed E-state index contributed by atoms with van der Waals surface area (Å²) >= 11 is 5.84. The molecular formula is C9H8ClNO2. The molecule has 0 aromatic carbocycles. The minimum Gasteiger partial charge on any atom is -0.481 e. The van der Waals surface area contributed by atoms with Crippen molar-refractivity contribution in [3.8, 4) is 0 Å². The predicted octanol–water partition coefficient (Wildman–Crippen LogP) is 1.53. The summed E-state index contributed by atoms with van der Waals surface area (Å²) in [6, 6.07) is 1.84. The molecule has 0 amide bonds. The van der Waals surface area contributed by atoms with Gasteiger partial charge in [-0.1, -0.05) is 11.6 Å². The van der Waals surface area contributed by atoms with E-state index < -0.39 is 5.97 Å². The smallest absolute Gasteiger partial charge is 0.307 e. The van der Waals surface area contributed by atoms with Crippen LogP contribution >= 0.6 is 11.6 Å². The summed E-state index contributed by atoms with van der Waals surface area (Å²) in [5.41, 5.74) is 1.92. The van der Waals surface area contributed by atoms with E-state index in [1.807, 2.05) is 6.07 Å². The zero-order valence-corrected chi connectivity index (χ0v) is 7.58. The molecule has 13 heavy (non-hydrogen) atoms. The molecule has 0 bridgehead atoms. The highest BCUT2D eigenvalue weighted by atomic mass is 35.5. The predicted molar refractivity (Wildman–Crippen MR) is 47.8 cm³/mol. The monoisotopic (exact) mass is 197 g/mol. The molecule has 1 N–H and O–H groups in total. The highest BCUT2D eigenvalue weighted by Crippen LogP contribution is 2.30. The summed E-state index contributed by atoms with van der Waals surface area (Å²) in [4.78, 5) is 14.6. The Hall–Kier alpha value is -1.09. The molecule has 1 aliphatic rings. The third kappa shape index (κ3) is 1.40. The number of carboxylic acids is 1. The van der Waals surface area contributed by atoms with Crippen molar-refractivity contribution in [2.75, 3.05) is 0 Å². The molecule has 1 aromatic heterocycles. The van der Waals surface area contributed by atoms with Crippen molar-refractivity contribution in [1.29, 1.82) is 0 Å². The fourth-order valence-corrected chi connectivity index (χ4v) is 1.92. The van der Waals surface area contributed by atoms with Gasteiger partial charge in [0.25, 0.3) is 0 Å². The van der Waals surface area contributed by atoms with E-state index in [2.05, 4.69) is 4.98 Å². The average molecular weight is 198 g/mol. The van der Waals surface area contributed by atoms with E-state index in [4.69, 9.17) is 16.7 Å². The van der Waals surface area contributed by atoms with Crippen LogP contribution in [-0.4, -0.2) is 16.1 Å². The molecule has 0 saturated heterocycles. The van der Waals surface area contributed by atoms with Crippen LogP contribution < -0.4 is 0 Å². The molecule has 1 aliphatic carbocycles. The first kappa shape index (κ1) is 8.51. The Morgan fingerprint density at radius 1 is 1.62 bits per heavy atom. The molecule has 1 unspecified atom stereocenters. The number of hydrogen-bond acceptors (Lipinski definition) is 2. The molecule has 0 aliphatic heterocycles. The van der Waals surface area contributed by atoms with Crippen LogP contribution in [0, 0.1) is 5.92 Å². The molecule has 0 spiro atoms. The summed E-state index contributed by atoms with van der Waals surface area (Å²) in [6.07, 6.45) is 2.70. The highest BCUT2D eigenvalue weighted by molar-refractivity contribution is 6.30. The molecular weight excluding hydrogens is 190 g/mol. The number of hydrogen-bond donors (Lipinski definition) is 1. The fourth-order valence-electron chi connectivity index (χ4n) is 1.67. The van der Waals surface area contributed by atoms with E-state index in [9.17, 15) is 4.79 Å². The largest absolute Gasteiger partial charge is 0.481 e. The molecule has 3 nitrogen and oxygen atoms in total. The van der Waals surface area contributed by atoms with Crippen LogP contribution in [0.4, 0.5) is 0 Å². The summed E-state index contributed by atoms with van der Waals surface area (Å²) in [5, 5.41) is 9.26. The van der Waals surface area contributed by atoms with E-state index >= 15 is 0 Å². The second kappa shape index (κ2) is 3.00. The van der Waals surface area contributed by atoms with Gasteiger partial charge in [0.1, 0.15) is 5.15 Å². The maximum absolute atomic E-state index is 10.7. The quantitative estimate of drug-likeness (QED) is 0.695. The van der Waals surface area contributed by atoms with Crippen molar-refractivity contribution >= 4 is 17.6 Å². The van der Waals surface area contributed by atoms with Crippen molar-refractivity contribution in [2.24, 2.45) is 5.92 Å². The van der Waals surface area contributed by atoms with Gasteiger partial charge in [-0.15, -0.1) is 0 Å². The lowest BCUT2D eigenvalue weighted by Gasteiger charge is -1.99. The highest BCUT2D eigenvalue weighted by Gasteiger charge is 2.28. The van der Waals surface area contributed by atoms with Gasteiger partial charge in [-0.2, -0.15) is 0 Å². The Labute approximate surface area is 80.4 Å². The minimum absolute atomic E-state index is 0.323. The second-order valence-electron chi connectivity index (χ2n) is 3.18. The third-order valence-electron chi connectivity index (χ3n) is 2.37. The first-order valence-electron chi connectivity index (χ1n) is 4.03. The summed E-state index contributed by atoms with van der Waals surface area (Å²) in [6.45, 7) is 0. The maximum atomic E-state index is 10.7. The van der Waals surface area contributed by atoms with Crippen LogP contribution in [-0.2, 0) is 17.6 Å². The van der Waals surface area contributed by atoms with Gasteiger partial charge in [-0.25, -0.2) is 4.98 Å². The van der Waals surface area contributed by atoms with E-state index in [1.165, 1.54) is 0 Å². The third-order valence-corrected chi connectivity index (χ3v) is 2.69. The SMILES string of the molecule is O=C(O)C1Cc2ccnc(Cl)c2C1. The van der Waals surface area contributed by atoms with Crippen molar-refractivity contribution < 1.29 is 9.90 Å². The van der Waals surface area contributed by atoms with Gasteiger partial charge in [-0.3, -0.25) is 4.79 Å². The summed E-state index contributed by atoms with van der Waals surface area (Å²) < 4.78 is 0. The van der Waals surface area contributed by atoms with Gasteiger partial charge in [0.15, 0.2) is 0 Å². The Kier molecular flexibility index (Phi) is 1.96. The Balaban J connectivity index is 2.35. The van der Waals surface area contributed by atoms with Crippen molar-refractivity contribution in [3.05, 3.63) is 28.5 Å². The molecule has 4 heteroatoms. The molecule has 1 heterocycles. The Morgan fingerprint density at radius 3 is 3.00 bits per heavy atom. The number of carbonyl (C=O) groups is 1. The summed E-state index contributed by atoms with van der Waals surface area (Å²) in [7, 11) is 0. The number of aromatic nitrogens is 1. The zero-order valence-electron chi connectivity index (χ0n) is 6.83. The Bertz CT molecular complexity index is 365. The maximum Gasteiger partial charge on any atom is 0.307 e. The van der Waals surface area contributed by atoms with Crippen LogP contribution in [0.15, 0.2) is 12.3 Å². The van der Waals surface area contributed by atoms with E-state index in [1.54, 1.807) is 6.20 Å². The van der Waals surface area contributed by atoms with E-state index in [-0.39, 0.29) is 5.92 Å². The van der Waals surface area contributed by atoms with E-state index in [0.29, 0.717) is 18.0 Å². The molecule has 0 fully saturated rings. The van der Waals surface area contributed by atoms with Gasteiger partial charge in [0.05, 0.1) is 5.92 Å². The lowest BCUT2D eigenvalue weighted by Crippen LogP contribution is -2.12. The topological polar surface area (TPSA) is 50.2 Å². The van der Waals surface area contributed by atoms with Crippen molar-refractivity contribution in [3.63, 3.8) is 0 Å². The second-order valence-corrected chi connectivity index (χ2v) is 3.54. The van der Waals surface area contributed by atoms with Gasteiger partial charge >= 0.3 is 5.97 Å². The van der Waals surface area contributed by atoms with Crippen LogP contribution in [0.3, 0.4) is 0 Å². The van der Waals surface area contributed by atoms with Gasteiger partial charge in [0, 0.05) is 6.20 Å². The van der Waals surface area contributed by atoms with Crippen LogP contribution in [0.1, 0.15) is 11.1 Å². The molecule has 1 aromatic rings. The van der Waals surface area contributed by atoms with Crippen LogP contribution in [0.5, 0.6) is 0 Å². The lowest BCUT2D eigenvalue weighted by molar-refractivity contribution is -0.141. The van der Waals surface area contributed by atoms with Crippen LogP contribution in [0.2, 0.25) is 5.15 Å². The Morgan fingerprint density at radius 2 is 2.38 bits per heavy atom. The first-order valence-corrected chi connectivity index (χ1v) is 4.41. The standard InChI is InChI=1S/C9H8ClNO2/c10-8-7-4-6(9(12)13)3-5(7)1-2-11-8/h1-2,6H,3-4H2,(H,12,13). The zero-order chi connectivity index (χ0) is 9.42. The van der Waals surface area contributed by atoms with Gasteiger partial charge < -0.3 is 5.11 Å². The molecule has 2 rings (SSSR count). The number of pyridine rings is 1. The number of carboxylic acid groups (broad SMARTS) is 1. The number of rotatable bonds is 1. The van der Waals surface area contributed by atoms with E-state index in [0.717, 1.165) is 11.1 Å². The number of fused-ring (bicyclic) bond motifs is 1. The number of nitrogens with zero attached hydrogens (tertiary/aromatic N) is 1. The average Bonchev–Trinajstić information content (AvgIpc) is 2.49. The molecule has 0 radical (unpaired) electrons. The minimum atomic E-state index is -0.757. The van der Waals surface area contributed by atoms with Crippen molar-refractivity contribution in [1.82, 2.24) is 4.98 Å². The number of halogens is 1. The molecule has 68 valence electrons. The first-order chi connectivity index (χ1) is 6.18. The molecule has 0 saturated carbocycles. The molecule has 1 atom stereocenters. The van der Waals surface area contributed by atoms with Gasteiger partial charge in [-0.05, 0) is 30.0 Å². The fraction of sp³-hybridized carbons (Fsp3) is 0.333. The summed E-state index contributed by atoms with van der Waals surface area (Å²) in [5.74, 6) is -1.08. The number of aliphatic carboxylic acids is 1. The van der Waals surface area contributed by atoms with Crippen LogP contribution in [0.25, 0.3) is 0 Å². The normalized spacial score (nSPS) is 19.9. The van der Waals surface area contributed by atoms with Gasteiger partial charge in [0.2, 0.25) is 0 Å². The lowest BCUT2D eigenvalue weighted by atomic mass is 10.1. The van der Waals surface area contributed by atoms with Crippen molar-refractivity contribution in [2.45, 2.75) is 12.8 Å².